The number of carbonyl (C=O) groups excluding carboxylic acids is 2. The van der Waals surface area contributed by atoms with Crippen molar-refractivity contribution in [1.29, 1.82) is 0 Å². The first-order valence-electron chi connectivity index (χ1n) is 8.24. The summed E-state index contributed by atoms with van der Waals surface area (Å²) in [4.78, 5) is 26.5. The second-order valence-corrected chi connectivity index (χ2v) is 6.76. The molecule has 1 aromatic carbocycles. The van der Waals surface area contributed by atoms with Crippen molar-refractivity contribution in [3.05, 3.63) is 61.2 Å². The third kappa shape index (κ3) is 6.45. The molecule has 5 heteroatoms. The van der Waals surface area contributed by atoms with Gasteiger partial charge in [-0.05, 0) is 32.8 Å². The van der Waals surface area contributed by atoms with Crippen LogP contribution in [0, 0.1) is 0 Å². The Labute approximate surface area is 150 Å². The van der Waals surface area contributed by atoms with Gasteiger partial charge in [-0.3, -0.25) is 4.79 Å². The summed E-state index contributed by atoms with van der Waals surface area (Å²) < 4.78 is 5.24. The molecule has 0 bridgehead atoms. The smallest absolute Gasteiger partial charge is 0.408 e. The van der Waals surface area contributed by atoms with E-state index in [1.165, 1.54) is 0 Å². The quantitative estimate of drug-likeness (QED) is 0.765. The lowest BCUT2D eigenvalue weighted by Gasteiger charge is -2.30. The van der Waals surface area contributed by atoms with Crippen molar-refractivity contribution in [3.63, 3.8) is 0 Å². The van der Waals surface area contributed by atoms with Gasteiger partial charge in [0, 0.05) is 7.05 Å². The first-order chi connectivity index (χ1) is 11.7. The fourth-order valence-electron chi connectivity index (χ4n) is 2.39. The molecular weight excluding hydrogens is 316 g/mol. The third-order valence-corrected chi connectivity index (χ3v) is 3.52. The zero-order chi connectivity index (χ0) is 19.0. The van der Waals surface area contributed by atoms with Crippen LogP contribution < -0.4 is 5.32 Å². The molecule has 0 fully saturated rings. The van der Waals surface area contributed by atoms with E-state index < -0.39 is 17.7 Å². The zero-order valence-corrected chi connectivity index (χ0v) is 15.5. The summed E-state index contributed by atoms with van der Waals surface area (Å²) in [6, 6.07) is 8.55. The molecule has 0 aliphatic rings. The molecule has 1 aromatic rings. The van der Waals surface area contributed by atoms with Crippen LogP contribution in [0.2, 0.25) is 0 Å². The summed E-state index contributed by atoms with van der Waals surface area (Å²) >= 11 is 0. The molecule has 136 valence electrons. The van der Waals surface area contributed by atoms with Gasteiger partial charge in [0.2, 0.25) is 5.91 Å². The standard InChI is InChI=1S/C20H28N2O3/c1-7-12-16(21-19(24)25-20(3,4)5)18(23)22(6)17(8-2)15-13-10-9-11-14-15/h7-11,13-14,16-17H,1-2,12H2,3-6H3,(H,21,24). The van der Waals surface area contributed by atoms with Crippen molar-refractivity contribution in [2.45, 2.75) is 44.9 Å². The highest BCUT2D eigenvalue weighted by Gasteiger charge is 2.28. The van der Waals surface area contributed by atoms with Crippen LogP contribution in [0.4, 0.5) is 4.79 Å². The molecule has 25 heavy (non-hydrogen) atoms. The highest BCUT2D eigenvalue weighted by molar-refractivity contribution is 5.86. The Balaban J connectivity index is 2.91. The maximum atomic E-state index is 12.9. The number of hydrogen-bond acceptors (Lipinski definition) is 3. The van der Waals surface area contributed by atoms with Crippen LogP contribution >= 0.6 is 0 Å². The molecule has 0 saturated heterocycles. The Bertz CT molecular complexity index is 605. The molecule has 2 amide bonds. The van der Waals surface area contributed by atoms with Gasteiger partial charge in [-0.2, -0.15) is 0 Å². The van der Waals surface area contributed by atoms with Gasteiger partial charge in [-0.1, -0.05) is 42.5 Å². The predicted molar refractivity (Wildman–Crippen MR) is 100 cm³/mol. The fourth-order valence-corrected chi connectivity index (χ4v) is 2.39. The van der Waals surface area contributed by atoms with Crippen molar-refractivity contribution >= 4 is 12.0 Å². The van der Waals surface area contributed by atoms with Gasteiger partial charge in [0.05, 0.1) is 6.04 Å². The molecule has 0 aromatic heterocycles. The SMILES string of the molecule is C=CCC(NC(=O)OC(C)(C)C)C(=O)N(C)C(C=C)c1ccccc1. The minimum absolute atomic E-state index is 0.237. The molecule has 0 heterocycles. The first kappa shape index (κ1) is 20.5. The van der Waals surface area contributed by atoms with Gasteiger partial charge < -0.3 is 15.0 Å². The summed E-state index contributed by atoms with van der Waals surface area (Å²) in [5.41, 5.74) is 0.314. The molecule has 2 unspecified atom stereocenters. The van der Waals surface area contributed by atoms with Gasteiger partial charge in [0.15, 0.2) is 0 Å². The maximum absolute atomic E-state index is 12.9. The van der Waals surface area contributed by atoms with Crippen LogP contribution in [0.1, 0.15) is 38.8 Å². The van der Waals surface area contributed by atoms with Crippen LogP contribution in [0.15, 0.2) is 55.6 Å². The average molecular weight is 344 g/mol. The second kappa shape index (κ2) is 9.06. The Morgan fingerprint density at radius 1 is 1.24 bits per heavy atom. The van der Waals surface area contributed by atoms with E-state index in [-0.39, 0.29) is 11.9 Å². The van der Waals surface area contributed by atoms with Gasteiger partial charge in [-0.15, -0.1) is 13.2 Å². The van der Waals surface area contributed by atoms with Crippen LogP contribution in [-0.4, -0.2) is 35.6 Å². The average Bonchev–Trinajstić information content (AvgIpc) is 2.53. The molecule has 0 spiro atoms. The molecular formula is C20H28N2O3. The monoisotopic (exact) mass is 344 g/mol. The number of ether oxygens (including phenoxy) is 1. The summed E-state index contributed by atoms with van der Waals surface area (Å²) in [5.74, 6) is -0.237. The van der Waals surface area contributed by atoms with E-state index in [2.05, 4.69) is 18.5 Å². The van der Waals surface area contributed by atoms with Crippen LogP contribution in [-0.2, 0) is 9.53 Å². The molecule has 1 rings (SSSR count). The van der Waals surface area contributed by atoms with Gasteiger partial charge >= 0.3 is 6.09 Å². The van der Waals surface area contributed by atoms with Crippen molar-refractivity contribution in [3.8, 4) is 0 Å². The number of benzene rings is 1. The van der Waals surface area contributed by atoms with Crippen LogP contribution in [0.5, 0.6) is 0 Å². The van der Waals surface area contributed by atoms with E-state index >= 15 is 0 Å². The van der Waals surface area contributed by atoms with Gasteiger partial charge in [0.1, 0.15) is 11.6 Å². The molecule has 0 aliphatic carbocycles. The normalized spacial score (nSPS) is 13.3. The minimum Gasteiger partial charge on any atom is -0.444 e. The van der Waals surface area contributed by atoms with Gasteiger partial charge in [0.25, 0.3) is 0 Å². The molecule has 5 nitrogen and oxygen atoms in total. The minimum atomic E-state index is -0.747. The number of nitrogens with zero attached hydrogens (tertiary/aromatic N) is 1. The number of alkyl carbamates (subject to hydrolysis) is 1. The van der Waals surface area contributed by atoms with Crippen molar-refractivity contribution in [2.75, 3.05) is 7.05 Å². The number of carbonyl (C=O) groups is 2. The van der Waals surface area contributed by atoms with Crippen molar-refractivity contribution < 1.29 is 14.3 Å². The Kier molecular flexibility index (Phi) is 7.43. The van der Waals surface area contributed by atoms with E-state index in [1.54, 1.807) is 44.9 Å². The van der Waals surface area contributed by atoms with E-state index in [1.807, 2.05) is 30.3 Å². The lowest BCUT2D eigenvalue weighted by atomic mass is 10.0. The Morgan fingerprint density at radius 2 is 1.84 bits per heavy atom. The number of rotatable bonds is 7. The fraction of sp³-hybridized carbons (Fsp3) is 0.400. The highest BCUT2D eigenvalue weighted by Crippen LogP contribution is 2.21. The summed E-state index contributed by atoms with van der Waals surface area (Å²) in [6.45, 7) is 12.8. The number of amides is 2. The largest absolute Gasteiger partial charge is 0.444 e. The van der Waals surface area contributed by atoms with E-state index in [4.69, 9.17) is 4.74 Å². The van der Waals surface area contributed by atoms with Crippen molar-refractivity contribution in [2.24, 2.45) is 0 Å². The predicted octanol–water partition coefficient (Wildman–Crippen LogP) is 3.84. The van der Waals surface area contributed by atoms with Crippen molar-refractivity contribution in [1.82, 2.24) is 10.2 Å². The lowest BCUT2D eigenvalue weighted by molar-refractivity contribution is -0.133. The third-order valence-electron chi connectivity index (χ3n) is 3.52. The van der Waals surface area contributed by atoms with E-state index in [9.17, 15) is 9.59 Å². The Hall–Kier alpha value is -2.56. The second-order valence-electron chi connectivity index (χ2n) is 6.76. The molecule has 0 aliphatic heterocycles. The van der Waals surface area contributed by atoms with Gasteiger partial charge in [-0.25, -0.2) is 4.79 Å². The number of nitrogens with one attached hydrogen (secondary N) is 1. The Morgan fingerprint density at radius 3 is 2.32 bits per heavy atom. The molecule has 0 radical (unpaired) electrons. The lowest BCUT2D eigenvalue weighted by Crippen LogP contribution is -2.49. The molecule has 1 N–H and O–H groups in total. The molecule has 2 atom stereocenters. The number of likely N-dealkylation sites (N-methyl/N-ethyl adjacent to an activating group) is 1. The number of hydrogen-bond donors (Lipinski definition) is 1. The van der Waals surface area contributed by atoms with E-state index in [0.29, 0.717) is 6.42 Å². The van der Waals surface area contributed by atoms with E-state index in [0.717, 1.165) is 5.56 Å². The summed E-state index contributed by atoms with van der Waals surface area (Å²) in [6.07, 6.45) is 2.97. The molecule has 0 saturated carbocycles. The zero-order valence-electron chi connectivity index (χ0n) is 15.5. The highest BCUT2D eigenvalue weighted by atomic mass is 16.6. The maximum Gasteiger partial charge on any atom is 0.408 e. The topological polar surface area (TPSA) is 58.6 Å². The first-order valence-corrected chi connectivity index (χ1v) is 8.24. The van der Waals surface area contributed by atoms with Crippen LogP contribution in [0.25, 0.3) is 0 Å². The van der Waals surface area contributed by atoms with Crippen LogP contribution in [0.3, 0.4) is 0 Å². The summed E-state index contributed by atoms with van der Waals surface area (Å²) in [5, 5.41) is 2.63. The summed E-state index contributed by atoms with van der Waals surface area (Å²) in [7, 11) is 1.69.